The Morgan fingerprint density at radius 2 is 2.08 bits per heavy atom. The lowest BCUT2D eigenvalue weighted by atomic mass is 10.1. The number of nitrogens with zero attached hydrogens (tertiary/aromatic N) is 1. The summed E-state index contributed by atoms with van der Waals surface area (Å²) in [6.45, 7) is 3.76. The number of carbonyl (C=O) groups is 1. The average molecular weight is 380 g/mol. The highest BCUT2D eigenvalue weighted by atomic mass is 32.1. The molecule has 0 aliphatic carbocycles. The molecule has 0 bridgehead atoms. The van der Waals surface area contributed by atoms with Gasteiger partial charge in [-0.15, -0.1) is 11.3 Å². The number of likely N-dealkylation sites (N-methyl/N-ethyl adjacent to an activating group) is 1. The Bertz CT molecular complexity index is 776. The number of hydrogen-bond donors (Lipinski definition) is 1. The van der Waals surface area contributed by atoms with E-state index >= 15 is 0 Å². The molecule has 0 fully saturated rings. The molecule has 0 aliphatic heterocycles. The minimum absolute atomic E-state index is 0.0889. The summed E-state index contributed by atoms with van der Waals surface area (Å²) in [4.78, 5) is 15.2. The van der Waals surface area contributed by atoms with Crippen molar-refractivity contribution in [2.75, 3.05) is 19.6 Å². The normalized spacial score (nSPS) is 11.1. The summed E-state index contributed by atoms with van der Waals surface area (Å²) in [6, 6.07) is 8.80. The number of hydrogen-bond acceptors (Lipinski definition) is 3. The number of carbonyl (C=O) groups excluding carboxylic acids is 1. The number of nitrogens with one attached hydrogen (secondary N) is 1. The fourth-order valence-corrected chi connectivity index (χ4v) is 2.97. The number of amides is 1. The van der Waals surface area contributed by atoms with Crippen LogP contribution in [0.2, 0.25) is 0 Å². The molecule has 0 atom stereocenters. The van der Waals surface area contributed by atoms with Crippen LogP contribution in [0.15, 0.2) is 41.8 Å². The molecule has 1 aromatic heterocycles. The minimum atomic E-state index is -4.39. The predicted molar refractivity (Wildman–Crippen MR) is 96.6 cm³/mol. The molecule has 3 nitrogen and oxygen atoms in total. The topological polar surface area (TPSA) is 32.3 Å². The average Bonchev–Trinajstić information content (AvgIpc) is 3.11. The third kappa shape index (κ3) is 6.54. The first kappa shape index (κ1) is 20.0. The fourth-order valence-electron chi connectivity index (χ4n) is 2.22. The van der Waals surface area contributed by atoms with E-state index in [1.165, 1.54) is 17.0 Å². The summed E-state index contributed by atoms with van der Waals surface area (Å²) >= 11 is 1.64. The molecular formula is C19H19F3N2OS. The zero-order chi connectivity index (χ0) is 19.0. The van der Waals surface area contributed by atoms with E-state index in [-0.39, 0.29) is 24.6 Å². The lowest BCUT2D eigenvalue weighted by Gasteiger charge is -2.18. The number of rotatable bonds is 6. The zero-order valence-electron chi connectivity index (χ0n) is 14.3. The van der Waals surface area contributed by atoms with E-state index in [9.17, 15) is 18.0 Å². The van der Waals surface area contributed by atoms with Gasteiger partial charge in [0.05, 0.1) is 18.7 Å². The van der Waals surface area contributed by atoms with Crippen molar-refractivity contribution in [3.05, 3.63) is 57.8 Å². The van der Waals surface area contributed by atoms with Crippen LogP contribution in [0.25, 0.3) is 0 Å². The maximum Gasteiger partial charge on any atom is 0.416 e. The van der Waals surface area contributed by atoms with Gasteiger partial charge in [-0.3, -0.25) is 9.69 Å². The van der Waals surface area contributed by atoms with Crippen molar-refractivity contribution in [2.45, 2.75) is 19.6 Å². The third-order valence-corrected chi connectivity index (χ3v) is 4.43. The monoisotopic (exact) mass is 380 g/mol. The van der Waals surface area contributed by atoms with Gasteiger partial charge in [-0.1, -0.05) is 30.9 Å². The van der Waals surface area contributed by atoms with Gasteiger partial charge in [0.15, 0.2) is 0 Å². The van der Waals surface area contributed by atoms with Crippen molar-refractivity contribution >= 4 is 17.2 Å². The van der Waals surface area contributed by atoms with Gasteiger partial charge in [0.2, 0.25) is 5.91 Å². The molecule has 1 aromatic carbocycles. The number of alkyl halides is 3. The molecular weight excluding hydrogens is 361 g/mol. The SMILES string of the molecule is CCN(CC(=O)NCC#Cc1cccc(C(F)(F)F)c1)Cc1cccs1. The van der Waals surface area contributed by atoms with Crippen LogP contribution in [-0.2, 0) is 17.5 Å². The van der Waals surface area contributed by atoms with Crippen LogP contribution in [0.1, 0.15) is 22.9 Å². The van der Waals surface area contributed by atoms with E-state index < -0.39 is 11.7 Å². The Morgan fingerprint density at radius 3 is 2.73 bits per heavy atom. The molecule has 0 aliphatic rings. The summed E-state index contributed by atoms with van der Waals surface area (Å²) in [6.07, 6.45) is -4.39. The maximum absolute atomic E-state index is 12.6. The van der Waals surface area contributed by atoms with Gasteiger partial charge < -0.3 is 5.32 Å². The molecule has 0 unspecified atom stereocenters. The molecule has 138 valence electrons. The molecule has 0 saturated carbocycles. The van der Waals surface area contributed by atoms with Crippen LogP contribution in [0, 0.1) is 11.8 Å². The van der Waals surface area contributed by atoms with Crippen molar-refractivity contribution in [2.24, 2.45) is 0 Å². The van der Waals surface area contributed by atoms with Crippen molar-refractivity contribution in [1.82, 2.24) is 10.2 Å². The van der Waals surface area contributed by atoms with Crippen LogP contribution < -0.4 is 5.32 Å². The minimum Gasteiger partial charge on any atom is -0.344 e. The van der Waals surface area contributed by atoms with Gasteiger partial charge in [0.1, 0.15) is 0 Å². The van der Waals surface area contributed by atoms with Gasteiger partial charge in [-0.25, -0.2) is 0 Å². The second-order valence-corrected chi connectivity index (χ2v) is 6.57. The van der Waals surface area contributed by atoms with Crippen molar-refractivity contribution in [1.29, 1.82) is 0 Å². The highest BCUT2D eigenvalue weighted by Gasteiger charge is 2.30. The molecule has 0 spiro atoms. The van der Waals surface area contributed by atoms with E-state index in [2.05, 4.69) is 17.2 Å². The summed E-state index contributed by atoms with van der Waals surface area (Å²) in [7, 11) is 0. The summed E-state index contributed by atoms with van der Waals surface area (Å²) in [5, 5.41) is 4.66. The quantitative estimate of drug-likeness (QED) is 0.774. The molecule has 0 saturated heterocycles. The molecule has 2 rings (SSSR count). The largest absolute Gasteiger partial charge is 0.416 e. The van der Waals surface area contributed by atoms with Crippen molar-refractivity contribution < 1.29 is 18.0 Å². The van der Waals surface area contributed by atoms with Crippen molar-refractivity contribution in [3.63, 3.8) is 0 Å². The Balaban J connectivity index is 1.82. The molecule has 7 heteroatoms. The van der Waals surface area contributed by atoms with Crippen LogP contribution in [-0.4, -0.2) is 30.4 Å². The molecule has 1 amide bonds. The summed E-state index contributed by atoms with van der Waals surface area (Å²) < 4.78 is 37.9. The Labute approximate surface area is 154 Å². The third-order valence-electron chi connectivity index (χ3n) is 3.57. The summed E-state index contributed by atoms with van der Waals surface area (Å²) in [5.41, 5.74) is -0.470. The molecule has 0 radical (unpaired) electrons. The second-order valence-electron chi connectivity index (χ2n) is 5.54. The highest BCUT2D eigenvalue weighted by Crippen LogP contribution is 2.29. The van der Waals surface area contributed by atoms with E-state index in [1.807, 2.05) is 29.3 Å². The molecule has 26 heavy (non-hydrogen) atoms. The van der Waals surface area contributed by atoms with E-state index in [1.54, 1.807) is 11.3 Å². The van der Waals surface area contributed by atoms with E-state index in [0.717, 1.165) is 18.7 Å². The first-order valence-corrected chi connectivity index (χ1v) is 8.94. The highest BCUT2D eigenvalue weighted by molar-refractivity contribution is 7.09. The van der Waals surface area contributed by atoms with Crippen LogP contribution in [0.5, 0.6) is 0 Å². The lowest BCUT2D eigenvalue weighted by Crippen LogP contribution is -2.36. The maximum atomic E-state index is 12.6. The zero-order valence-corrected chi connectivity index (χ0v) is 15.1. The number of benzene rings is 1. The Morgan fingerprint density at radius 1 is 1.27 bits per heavy atom. The van der Waals surface area contributed by atoms with Gasteiger partial charge in [0, 0.05) is 17.0 Å². The van der Waals surface area contributed by atoms with Crippen LogP contribution in [0.3, 0.4) is 0 Å². The van der Waals surface area contributed by atoms with E-state index in [4.69, 9.17) is 0 Å². The molecule has 1 heterocycles. The first-order valence-electron chi connectivity index (χ1n) is 8.06. The van der Waals surface area contributed by atoms with Crippen LogP contribution in [0.4, 0.5) is 13.2 Å². The Hall–Kier alpha value is -2.30. The molecule has 1 N–H and O–H groups in total. The number of thiophene rings is 1. The summed E-state index contributed by atoms with van der Waals surface area (Å²) in [5.74, 6) is 5.16. The lowest BCUT2D eigenvalue weighted by molar-refractivity contribution is -0.137. The predicted octanol–water partition coefficient (Wildman–Crippen LogP) is 3.76. The van der Waals surface area contributed by atoms with Gasteiger partial charge in [0.25, 0.3) is 0 Å². The van der Waals surface area contributed by atoms with Crippen molar-refractivity contribution in [3.8, 4) is 11.8 Å². The number of halogens is 3. The van der Waals surface area contributed by atoms with Gasteiger partial charge in [-0.05, 0) is 36.2 Å². The standard InChI is InChI=1S/C19H19F3N2OS/c1-2-24(13-17-9-5-11-26-17)14-18(25)23-10-4-7-15-6-3-8-16(12-15)19(20,21)22/h3,5-6,8-9,11-12H,2,10,13-14H2,1H3,(H,23,25). The van der Waals surface area contributed by atoms with Crippen LogP contribution >= 0.6 is 11.3 Å². The first-order chi connectivity index (χ1) is 12.4. The fraction of sp³-hybridized carbons (Fsp3) is 0.316. The van der Waals surface area contributed by atoms with Gasteiger partial charge >= 0.3 is 6.18 Å². The second kappa shape index (κ2) is 9.41. The smallest absolute Gasteiger partial charge is 0.344 e. The van der Waals surface area contributed by atoms with E-state index in [0.29, 0.717) is 6.54 Å². The van der Waals surface area contributed by atoms with Gasteiger partial charge in [-0.2, -0.15) is 13.2 Å². The molecule has 2 aromatic rings. The Kier molecular flexibility index (Phi) is 7.25.